The lowest BCUT2D eigenvalue weighted by Gasteiger charge is -2.16. The van der Waals surface area contributed by atoms with Crippen molar-refractivity contribution in [1.29, 1.82) is 0 Å². The summed E-state index contributed by atoms with van der Waals surface area (Å²) in [5, 5.41) is -0.361. The van der Waals surface area contributed by atoms with Crippen LogP contribution in [0.15, 0.2) is 6.20 Å². The monoisotopic (exact) mass is 319 g/mol. The Kier molecular flexibility index (Phi) is 4.29. The summed E-state index contributed by atoms with van der Waals surface area (Å²) in [6.07, 6.45) is -7.33. The predicted molar refractivity (Wildman–Crippen MR) is 53.4 cm³/mol. The number of methoxy groups -OCH3 is 1. The molecule has 2 nitrogen and oxygen atoms in total. The molecule has 0 amide bonds. The van der Waals surface area contributed by atoms with Crippen LogP contribution in [0.5, 0.6) is 5.88 Å². The van der Waals surface area contributed by atoms with Crippen LogP contribution in [-0.2, 0) is 11.5 Å². The van der Waals surface area contributed by atoms with Crippen molar-refractivity contribution in [1.82, 2.24) is 4.98 Å². The Balaban J connectivity index is 3.52. The molecule has 0 spiro atoms. The maximum atomic E-state index is 12.7. The largest absolute Gasteiger partial charge is 0.481 e. The molecule has 0 aliphatic heterocycles. The smallest absolute Gasteiger partial charge is 0.418 e. The average molecular weight is 320 g/mol. The maximum absolute atomic E-state index is 12.7. The van der Waals surface area contributed by atoms with Gasteiger partial charge in [0, 0.05) is 11.5 Å². The first-order valence-corrected chi connectivity index (χ1v) is 5.42. The molecule has 0 saturated carbocycles. The quantitative estimate of drug-likeness (QED) is 0.622. The zero-order chi connectivity index (χ0) is 13.2. The van der Waals surface area contributed by atoms with E-state index in [-0.39, 0.29) is 5.33 Å². The average Bonchev–Trinajstić information content (AvgIpc) is 2.25. The summed E-state index contributed by atoms with van der Waals surface area (Å²) in [6, 6.07) is 0. The highest BCUT2D eigenvalue weighted by Gasteiger charge is 2.37. The van der Waals surface area contributed by atoms with Gasteiger partial charge in [0.05, 0.1) is 18.2 Å². The van der Waals surface area contributed by atoms with Gasteiger partial charge in [0.15, 0.2) is 0 Å². The Bertz CT molecular complexity index is 407. The van der Waals surface area contributed by atoms with Crippen molar-refractivity contribution in [3.05, 3.63) is 22.9 Å². The van der Waals surface area contributed by atoms with Gasteiger partial charge in [-0.2, -0.15) is 13.2 Å². The maximum Gasteiger partial charge on any atom is 0.418 e. The molecule has 1 rings (SSSR count). The number of nitrogens with zero attached hydrogens (tertiary/aromatic N) is 1. The molecule has 1 aromatic heterocycles. The third-order valence-corrected chi connectivity index (χ3v) is 2.60. The molecule has 8 heteroatoms. The van der Waals surface area contributed by atoms with Crippen LogP contribution in [0.1, 0.15) is 23.1 Å². The van der Waals surface area contributed by atoms with E-state index in [0.717, 1.165) is 7.11 Å². The van der Waals surface area contributed by atoms with Gasteiger partial charge in [0.1, 0.15) is 0 Å². The standard InChI is InChI=1S/C9H7BrF5NO/c1-17-8-6(7(11)12)4(2-10)5(3-16-8)9(13,14)15/h3,7H,2H2,1H3. The molecule has 17 heavy (non-hydrogen) atoms. The van der Waals surface area contributed by atoms with Crippen molar-refractivity contribution in [3.8, 4) is 5.88 Å². The lowest BCUT2D eigenvalue weighted by molar-refractivity contribution is -0.138. The second-order valence-corrected chi connectivity index (χ2v) is 3.57. The zero-order valence-corrected chi connectivity index (χ0v) is 10.1. The topological polar surface area (TPSA) is 22.1 Å². The summed E-state index contributed by atoms with van der Waals surface area (Å²) in [5.41, 5.74) is -2.58. The minimum Gasteiger partial charge on any atom is -0.481 e. The molecule has 0 bridgehead atoms. The third kappa shape index (κ3) is 2.85. The Morgan fingerprint density at radius 1 is 1.41 bits per heavy atom. The highest BCUT2D eigenvalue weighted by Crippen LogP contribution is 2.40. The van der Waals surface area contributed by atoms with Crippen LogP contribution in [0.2, 0.25) is 0 Å². The molecule has 0 radical (unpaired) electrons. The van der Waals surface area contributed by atoms with E-state index < -0.39 is 35.2 Å². The lowest BCUT2D eigenvalue weighted by atomic mass is 10.1. The van der Waals surface area contributed by atoms with E-state index in [1.807, 2.05) is 0 Å². The molecule has 0 saturated heterocycles. The fourth-order valence-corrected chi connectivity index (χ4v) is 1.92. The zero-order valence-electron chi connectivity index (χ0n) is 8.49. The van der Waals surface area contributed by atoms with Gasteiger partial charge in [-0.05, 0) is 5.56 Å². The van der Waals surface area contributed by atoms with Crippen LogP contribution in [0.4, 0.5) is 22.0 Å². The molecular formula is C9H7BrF5NO. The number of pyridine rings is 1. The van der Waals surface area contributed by atoms with Gasteiger partial charge < -0.3 is 4.74 Å². The van der Waals surface area contributed by atoms with E-state index in [9.17, 15) is 22.0 Å². The van der Waals surface area contributed by atoms with Crippen LogP contribution >= 0.6 is 15.9 Å². The Morgan fingerprint density at radius 2 is 2.00 bits per heavy atom. The number of aromatic nitrogens is 1. The van der Waals surface area contributed by atoms with Crippen molar-refractivity contribution >= 4 is 15.9 Å². The van der Waals surface area contributed by atoms with Gasteiger partial charge in [-0.15, -0.1) is 0 Å². The first-order valence-electron chi connectivity index (χ1n) is 4.30. The lowest BCUT2D eigenvalue weighted by Crippen LogP contribution is -2.13. The summed E-state index contributed by atoms with van der Waals surface area (Å²) >= 11 is 2.77. The van der Waals surface area contributed by atoms with E-state index in [2.05, 4.69) is 25.7 Å². The minimum atomic E-state index is -4.73. The van der Waals surface area contributed by atoms with Crippen LogP contribution in [0.25, 0.3) is 0 Å². The third-order valence-electron chi connectivity index (χ3n) is 2.04. The molecule has 0 aliphatic carbocycles. The minimum absolute atomic E-state index is 0.361. The van der Waals surface area contributed by atoms with E-state index >= 15 is 0 Å². The number of halogens is 6. The molecule has 1 heterocycles. The molecule has 0 aromatic carbocycles. The van der Waals surface area contributed by atoms with Crippen molar-refractivity contribution in [3.63, 3.8) is 0 Å². The summed E-state index contributed by atoms with van der Waals surface area (Å²) in [4.78, 5) is 3.25. The Labute approximate surface area is 102 Å². The van der Waals surface area contributed by atoms with Gasteiger partial charge in [-0.25, -0.2) is 13.8 Å². The number of hydrogen-bond donors (Lipinski definition) is 0. The molecule has 96 valence electrons. The first kappa shape index (κ1) is 14.1. The van der Waals surface area contributed by atoms with E-state index in [0.29, 0.717) is 6.20 Å². The molecule has 0 atom stereocenters. The SMILES string of the molecule is COc1ncc(C(F)(F)F)c(CBr)c1C(F)F. The Morgan fingerprint density at radius 3 is 2.35 bits per heavy atom. The van der Waals surface area contributed by atoms with Crippen LogP contribution in [0, 0.1) is 0 Å². The summed E-state index contributed by atoms with van der Waals surface area (Å²) in [7, 11) is 1.07. The van der Waals surface area contributed by atoms with Gasteiger partial charge >= 0.3 is 6.18 Å². The highest BCUT2D eigenvalue weighted by atomic mass is 79.9. The molecule has 0 N–H and O–H groups in total. The number of hydrogen-bond acceptors (Lipinski definition) is 2. The molecule has 0 fully saturated rings. The Hall–Kier alpha value is -0.920. The second-order valence-electron chi connectivity index (χ2n) is 3.01. The molecule has 1 aromatic rings. The van der Waals surface area contributed by atoms with Crippen LogP contribution < -0.4 is 4.74 Å². The van der Waals surface area contributed by atoms with Crippen LogP contribution in [0.3, 0.4) is 0 Å². The summed E-state index contributed by atoms with van der Waals surface area (Å²) in [6.45, 7) is 0. The van der Waals surface area contributed by atoms with Crippen molar-refractivity contribution in [2.75, 3.05) is 7.11 Å². The fraction of sp³-hybridized carbons (Fsp3) is 0.444. The van der Waals surface area contributed by atoms with Gasteiger partial charge in [0.25, 0.3) is 6.43 Å². The number of rotatable bonds is 3. The summed E-state index contributed by atoms with van der Waals surface area (Å²) < 4.78 is 67.7. The van der Waals surface area contributed by atoms with E-state index in [4.69, 9.17) is 0 Å². The fourth-order valence-electron chi connectivity index (χ4n) is 1.32. The molecule has 0 unspecified atom stereocenters. The number of ether oxygens (including phenoxy) is 1. The highest BCUT2D eigenvalue weighted by molar-refractivity contribution is 9.08. The van der Waals surface area contributed by atoms with Gasteiger partial charge in [-0.1, -0.05) is 15.9 Å². The second kappa shape index (κ2) is 5.16. The first-order chi connectivity index (χ1) is 7.82. The number of alkyl halides is 6. The molecule has 0 aliphatic rings. The van der Waals surface area contributed by atoms with Crippen molar-refractivity contribution in [2.45, 2.75) is 17.9 Å². The molecular weight excluding hydrogens is 313 g/mol. The van der Waals surface area contributed by atoms with Crippen molar-refractivity contribution in [2.24, 2.45) is 0 Å². The summed E-state index contributed by atoms with van der Waals surface area (Å²) in [5.74, 6) is -0.498. The normalized spacial score (nSPS) is 12.0. The predicted octanol–water partition coefficient (Wildman–Crippen LogP) is 3.94. The van der Waals surface area contributed by atoms with E-state index in [1.54, 1.807) is 0 Å². The van der Waals surface area contributed by atoms with Gasteiger partial charge in [0.2, 0.25) is 5.88 Å². The van der Waals surface area contributed by atoms with Crippen molar-refractivity contribution < 1.29 is 26.7 Å². The van der Waals surface area contributed by atoms with E-state index in [1.165, 1.54) is 0 Å². The van der Waals surface area contributed by atoms with Crippen LogP contribution in [-0.4, -0.2) is 12.1 Å². The van der Waals surface area contributed by atoms with Gasteiger partial charge in [-0.3, -0.25) is 0 Å².